The number of aromatic nitrogens is 1. The number of ether oxygens (including phenoxy) is 1. The Labute approximate surface area is 165 Å². The van der Waals surface area contributed by atoms with Gasteiger partial charge in [-0.25, -0.2) is 4.79 Å². The van der Waals surface area contributed by atoms with Gasteiger partial charge in [0, 0.05) is 6.07 Å². The van der Waals surface area contributed by atoms with Crippen molar-refractivity contribution in [2.45, 2.75) is 40.2 Å². The lowest BCUT2D eigenvalue weighted by Crippen LogP contribution is -2.27. The molecule has 0 aliphatic heterocycles. The number of para-hydroxylation sites is 1. The van der Waals surface area contributed by atoms with Gasteiger partial charge in [0.25, 0.3) is 5.56 Å². The van der Waals surface area contributed by atoms with E-state index in [1.807, 2.05) is 76.2 Å². The van der Waals surface area contributed by atoms with Crippen molar-refractivity contribution < 1.29 is 9.53 Å². The van der Waals surface area contributed by atoms with Crippen LogP contribution < -0.4 is 5.56 Å². The highest BCUT2D eigenvalue weighted by atomic mass is 16.6. The topological polar surface area (TPSA) is 48.3 Å². The zero-order valence-corrected chi connectivity index (χ0v) is 16.9. The van der Waals surface area contributed by atoms with E-state index < -0.39 is 11.6 Å². The Morgan fingerprint density at radius 3 is 2.36 bits per heavy atom. The van der Waals surface area contributed by atoms with Gasteiger partial charge < -0.3 is 4.74 Å². The summed E-state index contributed by atoms with van der Waals surface area (Å²) < 4.78 is 7.19. The molecule has 0 aliphatic rings. The van der Waals surface area contributed by atoms with Crippen LogP contribution in [0.3, 0.4) is 0 Å². The normalized spacial score (nSPS) is 12.6. The van der Waals surface area contributed by atoms with E-state index in [1.165, 1.54) is 6.07 Å². The van der Waals surface area contributed by atoms with Gasteiger partial charge >= 0.3 is 5.97 Å². The van der Waals surface area contributed by atoms with Gasteiger partial charge in [0.1, 0.15) is 5.60 Å². The number of fused-ring (bicyclic) bond motifs is 1. The molecule has 4 heteroatoms. The molecule has 0 N–H and O–H groups in total. The van der Waals surface area contributed by atoms with Crippen molar-refractivity contribution in [3.05, 3.63) is 87.7 Å². The third kappa shape index (κ3) is 4.06. The molecule has 0 bridgehead atoms. The smallest absolute Gasteiger partial charge is 0.336 e. The van der Waals surface area contributed by atoms with E-state index in [2.05, 4.69) is 0 Å². The lowest BCUT2D eigenvalue weighted by Gasteiger charge is -2.22. The van der Waals surface area contributed by atoms with Crippen molar-refractivity contribution in [3.8, 4) is 0 Å². The first-order valence-corrected chi connectivity index (χ1v) is 9.30. The maximum absolute atomic E-state index is 12.9. The fourth-order valence-corrected chi connectivity index (χ4v) is 3.17. The standard InChI is InChI=1S/C24H25NO3/c1-16-9-8-11-19(15-16)22(17(2)23(27)28-24(3,4)5)25-20-12-7-6-10-18(20)13-14-21(25)26/h6-15H,1-5H3. The number of pyridine rings is 1. The van der Waals surface area contributed by atoms with E-state index in [4.69, 9.17) is 4.74 Å². The Hall–Kier alpha value is -3.14. The Morgan fingerprint density at radius 1 is 0.964 bits per heavy atom. The Kier molecular flexibility index (Phi) is 5.23. The number of rotatable bonds is 3. The van der Waals surface area contributed by atoms with Crippen molar-refractivity contribution in [1.29, 1.82) is 0 Å². The SMILES string of the molecule is CC(C(=O)OC(C)(C)C)=C(c1cccc(C)c1)n1c(=O)ccc2ccccc21. The Balaban J connectivity index is 2.36. The molecule has 0 saturated heterocycles. The number of nitrogens with zero attached hydrogens (tertiary/aromatic N) is 1. The van der Waals surface area contributed by atoms with Gasteiger partial charge in [0.15, 0.2) is 0 Å². The number of esters is 1. The molecule has 0 aliphatic carbocycles. The molecular weight excluding hydrogens is 350 g/mol. The van der Waals surface area contributed by atoms with Crippen molar-refractivity contribution >= 4 is 22.6 Å². The van der Waals surface area contributed by atoms with Gasteiger partial charge in [0.05, 0.1) is 16.8 Å². The number of carbonyl (C=O) groups excluding carboxylic acids is 1. The van der Waals surface area contributed by atoms with Gasteiger partial charge in [-0.15, -0.1) is 0 Å². The lowest BCUT2D eigenvalue weighted by molar-refractivity contribution is -0.149. The van der Waals surface area contributed by atoms with Crippen molar-refractivity contribution in [2.75, 3.05) is 0 Å². The van der Waals surface area contributed by atoms with E-state index in [-0.39, 0.29) is 5.56 Å². The van der Waals surface area contributed by atoms with Crippen LogP contribution in [0.5, 0.6) is 0 Å². The van der Waals surface area contributed by atoms with Crippen molar-refractivity contribution in [2.24, 2.45) is 0 Å². The molecule has 1 aromatic heterocycles. The third-order valence-corrected chi connectivity index (χ3v) is 4.38. The second-order valence-electron chi connectivity index (χ2n) is 7.91. The lowest BCUT2D eigenvalue weighted by atomic mass is 10.0. The first-order chi connectivity index (χ1) is 13.2. The monoisotopic (exact) mass is 375 g/mol. The van der Waals surface area contributed by atoms with Crippen LogP contribution in [0.2, 0.25) is 0 Å². The maximum Gasteiger partial charge on any atom is 0.336 e. The summed E-state index contributed by atoms with van der Waals surface area (Å²) in [6.07, 6.45) is 0. The van der Waals surface area contributed by atoms with Crippen LogP contribution in [0.1, 0.15) is 38.8 Å². The zero-order valence-electron chi connectivity index (χ0n) is 16.9. The van der Waals surface area contributed by atoms with E-state index in [9.17, 15) is 9.59 Å². The summed E-state index contributed by atoms with van der Waals surface area (Å²) in [6, 6.07) is 18.7. The minimum atomic E-state index is -0.625. The van der Waals surface area contributed by atoms with Gasteiger partial charge in [-0.1, -0.05) is 42.0 Å². The van der Waals surface area contributed by atoms with E-state index in [1.54, 1.807) is 17.6 Å². The van der Waals surface area contributed by atoms with E-state index >= 15 is 0 Å². The maximum atomic E-state index is 12.9. The van der Waals surface area contributed by atoms with Gasteiger partial charge in [-0.3, -0.25) is 9.36 Å². The number of hydrogen-bond acceptors (Lipinski definition) is 3. The minimum absolute atomic E-state index is 0.196. The minimum Gasteiger partial charge on any atom is -0.457 e. The molecule has 0 radical (unpaired) electrons. The zero-order chi connectivity index (χ0) is 20.5. The predicted octanol–water partition coefficient (Wildman–Crippen LogP) is 4.93. The van der Waals surface area contributed by atoms with Gasteiger partial charge in [-0.05, 0) is 63.8 Å². The number of hydrogen-bond donors (Lipinski definition) is 0. The van der Waals surface area contributed by atoms with Gasteiger partial charge in [0.2, 0.25) is 0 Å². The highest BCUT2D eigenvalue weighted by Gasteiger charge is 2.23. The number of benzene rings is 2. The molecule has 0 spiro atoms. The van der Waals surface area contributed by atoms with Crippen molar-refractivity contribution in [3.63, 3.8) is 0 Å². The number of aryl methyl sites for hydroxylation is 1. The Bertz CT molecular complexity index is 1130. The second-order valence-corrected chi connectivity index (χ2v) is 7.91. The highest BCUT2D eigenvalue weighted by molar-refractivity contribution is 5.99. The molecule has 0 amide bonds. The second kappa shape index (κ2) is 7.47. The predicted molar refractivity (Wildman–Crippen MR) is 113 cm³/mol. The summed E-state index contributed by atoms with van der Waals surface area (Å²) in [5.74, 6) is -0.441. The average Bonchev–Trinajstić information content (AvgIpc) is 2.62. The molecule has 0 saturated carbocycles. The average molecular weight is 375 g/mol. The van der Waals surface area contributed by atoms with Crippen LogP contribution in [0.15, 0.2) is 71.0 Å². The molecule has 28 heavy (non-hydrogen) atoms. The fourth-order valence-electron chi connectivity index (χ4n) is 3.17. The molecular formula is C24H25NO3. The van der Waals surface area contributed by atoms with Crippen LogP contribution in [-0.2, 0) is 9.53 Å². The van der Waals surface area contributed by atoms with Crippen molar-refractivity contribution in [1.82, 2.24) is 4.57 Å². The quantitative estimate of drug-likeness (QED) is 0.482. The molecule has 0 fully saturated rings. The van der Waals surface area contributed by atoms with Crippen LogP contribution in [0.25, 0.3) is 16.6 Å². The summed E-state index contributed by atoms with van der Waals surface area (Å²) in [5.41, 5.74) is 2.69. The van der Waals surface area contributed by atoms with Gasteiger partial charge in [-0.2, -0.15) is 0 Å². The fraction of sp³-hybridized carbons (Fsp3) is 0.250. The molecule has 0 unspecified atom stereocenters. The largest absolute Gasteiger partial charge is 0.457 e. The van der Waals surface area contributed by atoms with E-state index in [0.717, 1.165) is 22.0 Å². The molecule has 1 heterocycles. The Morgan fingerprint density at radius 2 is 1.68 bits per heavy atom. The van der Waals surface area contributed by atoms with Crippen LogP contribution in [0.4, 0.5) is 0 Å². The van der Waals surface area contributed by atoms with Crippen LogP contribution >= 0.6 is 0 Å². The van der Waals surface area contributed by atoms with Crippen LogP contribution in [-0.4, -0.2) is 16.1 Å². The number of carbonyl (C=O) groups is 1. The summed E-state index contributed by atoms with van der Waals surface area (Å²) in [5, 5.41) is 0.921. The molecule has 4 nitrogen and oxygen atoms in total. The summed E-state index contributed by atoms with van der Waals surface area (Å²) in [4.78, 5) is 25.8. The molecule has 2 aromatic carbocycles. The van der Waals surface area contributed by atoms with E-state index in [0.29, 0.717) is 11.3 Å². The summed E-state index contributed by atoms with van der Waals surface area (Å²) in [7, 11) is 0. The highest BCUT2D eigenvalue weighted by Crippen LogP contribution is 2.26. The molecule has 3 aromatic rings. The first kappa shape index (κ1) is 19.6. The molecule has 0 atom stereocenters. The first-order valence-electron chi connectivity index (χ1n) is 9.30. The summed E-state index contributed by atoms with van der Waals surface area (Å²) in [6.45, 7) is 9.17. The third-order valence-electron chi connectivity index (χ3n) is 4.38. The summed E-state index contributed by atoms with van der Waals surface area (Å²) >= 11 is 0. The molecule has 144 valence electrons. The van der Waals surface area contributed by atoms with Crippen LogP contribution in [0, 0.1) is 6.92 Å². The molecule has 3 rings (SSSR count).